The van der Waals surface area contributed by atoms with Crippen LogP contribution in [0.15, 0.2) is 64.9 Å². The van der Waals surface area contributed by atoms with E-state index in [0.717, 1.165) is 11.1 Å². The maximum absolute atomic E-state index is 13.8. The summed E-state index contributed by atoms with van der Waals surface area (Å²) in [5, 5.41) is 4.60. The molecule has 0 bridgehead atoms. The van der Waals surface area contributed by atoms with E-state index in [1.165, 1.54) is 52.5 Å². The third-order valence-corrected chi connectivity index (χ3v) is 9.60. The number of sulfonamides is 1. The van der Waals surface area contributed by atoms with E-state index in [0.29, 0.717) is 25.1 Å². The predicted octanol–water partition coefficient (Wildman–Crippen LogP) is 4.81. The molecule has 196 valence electrons. The van der Waals surface area contributed by atoms with Gasteiger partial charge in [-0.1, -0.05) is 19.1 Å². The Morgan fingerprint density at radius 2 is 1.81 bits per heavy atom. The van der Waals surface area contributed by atoms with Gasteiger partial charge in [0.15, 0.2) is 0 Å². The normalized spacial score (nSPS) is 16.4. The van der Waals surface area contributed by atoms with Crippen LogP contribution in [-0.2, 0) is 26.0 Å². The van der Waals surface area contributed by atoms with Crippen LogP contribution in [0.3, 0.4) is 0 Å². The number of amides is 2. The summed E-state index contributed by atoms with van der Waals surface area (Å²) < 4.78 is 42.2. The molecular formula is C27H30FN3O4S2. The molecule has 1 N–H and O–H groups in total. The molecule has 37 heavy (non-hydrogen) atoms. The summed E-state index contributed by atoms with van der Waals surface area (Å²) >= 11 is 1.62. The first kappa shape index (κ1) is 27.0. The van der Waals surface area contributed by atoms with Gasteiger partial charge in [-0.3, -0.25) is 9.59 Å². The number of rotatable bonds is 8. The Morgan fingerprint density at radius 1 is 1.14 bits per heavy atom. The lowest BCUT2D eigenvalue weighted by molar-refractivity contribution is -0.133. The van der Waals surface area contributed by atoms with Crippen molar-refractivity contribution in [2.24, 2.45) is 0 Å². The molecule has 2 unspecified atom stereocenters. The van der Waals surface area contributed by atoms with Crippen molar-refractivity contribution >= 4 is 38.9 Å². The van der Waals surface area contributed by atoms with Crippen LogP contribution in [-0.4, -0.2) is 48.6 Å². The molecule has 10 heteroatoms. The Balaban J connectivity index is 1.64. The van der Waals surface area contributed by atoms with Crippen molar-refractivity contribution in [3.63, 3.8) is 0 Å². The number of halogens is 1. The van der Waals surface area contributed by atoms with Crippen molar-refractivity contribution in [1.82, 2.24) is 9.21 Å². The second-order valence-electron chi connectivity index (χ2n) is 9.10. The summed E-state index contributed by atoms with van der Waals surface area (Å²) in [5.41, 5.74) is 2.25. The molecule has 0 aliphatic carbocycles. The number of hydrogen-bond donors (Lipinski definition) is 1. The lowest BCUT2D eigenvalue weighted by Gasteiger charge is -2.38. The average molecular weight is 544 g/mol. The minimum absolute atomic E-state index is 0.0450. The smallest absolute Gasteiger partial charge is 0.243 e. The molecule has 2 atom stereocenters. The van der Waals surface area contributed by atoms with Crippen LogP contribution in [0.2, 0.25) is 0 Å². The SMILES string of the molecule is CCC(C)N(CC(=O)N1CCc2sccc2C1c1ccc(F)cc1)S(=O)(=O)c1ccc(NC(C)=O)cc1. The minimum Gasteiger partial charge on any atom is -0.330 e. The van der Waals surface area contributed by atoms with Crippen LogP contribution in [0.4, 0.5) is 10.1 Å². The first-order valence-corrected chi connectivity index (χ1v) is 14.4. The molecule has 0 radical (unpaired) electrons. The molecular weight excluding hydrogens is 513 g/mol. The average Bonchev–Trinajstić information content (AvgIpc) is 3.35. The zero-order chi connectivity index (χ0) is 26.7. The zero-order valence-corrected chi connectivity index (χ0v) is 22.6. The molecule has 0 saturated carbocycles. The molecule has 0 spiro atoms. The number of benzene rings is 2. The third-order valence-electron chi connectivity index (χ3n) is 6.63. The van der Waals surface area contributed by atoms with Crippen molar-refractivity contribution in [3.05, 3.63) is 81.8 Å². The van der Waals surface area contributed by atoms with Crippen molar-refractivity contribution < 1.29 is 22.4 Å². The van der Waals surface area contributed by atoms with E-state index in [-0.39, 0.29) is 29.1 Å². The first-order valence-electron chi connectivity index (χ1n) is 12.1. The molecule has 1 aromatic heterocycles. The van der Waals surface area contributed by atoms with Crippen molar-refractivity contribution in [2.45, 2.75) is 50.6 Å². The number of hydrogen-bond acceptors (Lipinski definition) is 5. The maximum atomic E-state index is 13.8. The number of nitrogens with one attached hydrogen (secondary N) is 1. The van der Waals surface area contributed by atoms with Gasteiger partial charge in [-0.05, 0) is 78.7 Å². The fourth-order valence-electron chi connectivity index (χ4n) is 4.54. The summed E-state index contributed by atoms with van der Waals surface area (Å²) in [6.07, 6.45) is 1.20. The maximum Gasteiger partial charge on any atom is 0.243 e. The Morgan fingerprint density at radius 3 is 2.43 bits per heavy atom. The minimum atomic E-state index is -4.00. The summed E-state index contributed by atoms with van der Waals surface area (Å²) in [4.78, 5) is 28.0. The van der Waals surface area contributed by atoms with Crippen molar-refractivity contribution in [3.8, 4) is 0 Å². The van der Waals surface area contributed by atoms with Crippen molar-refractivity contribution in [2.75, 3.05) is 18.4 Å². The number of carbonyl (C=O) groups is 2. The topological polar surface area (TPSA) is 86.8 Å². The van der Waals surface area contributed by atoms with Crippen LogP contribution in [0, 0.1) is 5.82 Å². The van der Waals surface area contributed by atoms with E-state index >= 15 is 0 Å². The second kappa shape index (κ2) is 11.1. The Hall–Kier alpha value is -3.08. The molecule has 2 heterocycles. The highest BCUT2D eigenvalue weighted by Gasteiger charge is 2.37. The van der Waals surface area contributed by atoms with Crippen LogP contribution in [0.5, 0.6) is 0 Å². The largest absolute Gasteiger partial charge is 0.330 e. The fraction of sp³-hybridized carbons (Fsp3) is 0.333. The van der Waals surface area contributed by atoms with E-state index in [1.807, 2.05) is 18.4 Å². The van der Waals surface area contributed by atoms with Gasteiger partial charge in [0.05, 0.1) is 17.5 Å². The highest BCUT2D eigenvalue weighted by Crippen LogP contribution is 2.38. The number of fused-ring (bicyclic) bond motifs is 1. The van der Waals surface area contributed by atoms with E-state index in [4.69, 9.17) is 0 Å². The Labute approximate surface area is 221 Å². The number of anilines is 1. The predicted molar refractivity (Wildman–Crippen MR) is 142 cm³/mol. The van der Waals surface area contributed by atoms with E-state index in [9.17, 15) is 22.4 Å². The number of nitrogens with zero attached hydrogens (tertiary/aromatic N) is 2. The van der Waals surface area contributed by atoms with Gasteiger partial charge < -0.3 is 10.2 Å². The molecule has 1 aliphatic rings. The highest BCUT2D eigenvalue weighted by atomic mass is 32.2. The van der Waals surface area contributed by atoms with Gasteiger partial charge in [-0.2, -0.15) is 4.31 Å². The molecule has 7 nitrogen and oxygen atoms in total. The standard InChI is InChI=1S/C27H30FN3O4S2/c1-4-18(2)31(37(34,35)23-11-9-22(10-12-23)29-19(3)32)17-26(33)30-15-13-25-24(14-16-36-25)27(30)20-5-7-21(28)8-6-20/h5-12,14,16,18,27H,4,13,15,17H2,1-3H3,(H,29,32). The van der Waals surface area contributed by atoms with Gasteiger partial charge in [-0.25, -0.2) is 12.8 Å². The summed E-state index contributed by atoms with van der Waals surface area (Å²) in [6, 6.07) is 13.2. The molecule has 2 amide bonds. The lowest BCUT2D eigenvalue weighted by atomic mass is 9.93. The quantitative estimate of drug-likeness (QED) is 0.442. The van der Waals surface area contributed by atoms with Crippen LogP contribution >= 0.6 is 11.3 Å². The summed E-state index contributed by atoms with van der Waals surface area (Å²) in [6.45, 7) is 5.15. The summed E-state index contributed by atoms with van der Waals surface area (Å²) in [7, 11) is -4.00. The Bertz CT molecular complexity index is 1370. The van der Waals surface area contributed by atoms with Gasteiger partial charge in [0.2, 0.25) is 21.8 Å². The third kappa shape index (κ3) is 5.76. The van der Waals surface area contributed by atoms with Gasteiger partial charge in [0, 0.05) is 30.1 Å². The first-order chi connectivity index (χ1) is 17.6. The number of carbonyl (C=O) groups excluding carboxylic acids is 2. The molecule has 2 aromatic carbocycles. The van der Waals surface area contributed by atoms with Crippen LogP contribution in [0.25, 0.3) is 0 Å². The fourth-order valence-corrected chi connectivity index (χ4v) is 7.10. The van der Waals surface area contributed by atoms with E-state index in [2.05, 4.69) is 5.32 Å². The monoisotopic (exact) mass is 543 g/mol. The number of thiophene rings is 1. The van der Waals surface area contributed by atoms with Gasteiger partial charge in [0.1, 0.15) is 5.82 Å². The molecule has 1 aliphatic heterocycles. The van der Waals surface area contributed by atoms with E-state index in [1.54, 1.807) is 35.3 Å². The lowest BCUT2D eigenvalue weighted by Crippen LogP contribution is -2.49. The Kier molecular flexibility index (Phi) is 8.11. The van der Waals surface area contributed by atoms with Crippen LogP contribution in [0.1, 0.15) is 49.2 Å². The zero-order valence-electron chi connectivity index (χ0n) is 21.0. The molecule has 3 aromatic rings. The van der Waals surface area contributed by atoms with E-state index < -0.39 is 22.1 Å². The van der Waals surface area contributed by atoms with Crippen molar-refractivity contribution in [1.29, 1.82) is 0 Å². The highest BCUT2D eigenvalue weighted by molar-refractivity contribution is 7.89. The van der Waals surface area contributed by atoms with Gasteiger partial charge >= 0.3 is 0 Å². The molecule has 0 saturated heterocycles. The molecule has 4 rings (SSSR count). The molecule has 0 fully saturated rings. The van der Waals surface area contributed by atoms with Gasteiger partial charge in [-0.15, -0.1) is 11.3 Å². The second-order valence-corrected chi connectivity index (χ2v) is 12.0. The van der Waals surface area contributed by atoms with Crippen LogP contribution < -0.4 is 5.32 Å². The van der Waals surface area contributed by atoms with Gasteiger partial charge in [0.25, 0.3) is 0 Å². The summed E-state index contributed by atoms with van der Waals surface area (Å²) in [5.74, 6) is -0.931.